The summed E-state index contributed by atoms with van der Waals surface area (Å²) in [6.07, 6.45) is 4.82. The molecule has 0 aromatic carbocycles. The Hall–Kier alpha value is -0.430. The predicted molar refractivity (Wildman–Crippen MR) is 68.7 cm³/mol. The number of hydrogen-bond donors (Lipinski definition) is 1. The molecule has 0 aliphatic carbocycles. The molecule has 1 fully saturated rings. The summed E-state index contributed by atoms with van der Waals surface area (Å²) in [4.78, 5) is 10.9. The molecule has 1 aromatic heterocycles. The normalized spacial score (nSPS) is 25.9. The summed E-state index contributed by atoms with van der Waals surface area (Å²) < 4.78 is 1.07. The molecule has 15 heavy (non-hydrogen) atoms. The first-order chi connectivity index (χ1) is 7.13. The van der Waals surface area contributed by atoms with E-state index in [0.29, 0.717) is 0 Å². The molecule has 0 radical (unpaired) electrons. The minimum absolute atomic E-state index is 0.229. The van der Waals surface area contributed by atoms with Crippen molar-refractivity contribution in [3.8, 4) is 0 Å². The summed E-state index contributed by atoms with van der Waals surface area (Å²) in [6, 6.07) is 0. The van der Waals surface area contributed by atoms with Gasteiger partial charge in [0.25, 0.3) is 0 Å². The van der Waals surface area contributed by atoms with Gasteiger partial charge in [-0.2, -0.15) is 0 Å². The Bertz CT molecular complexity index is 340. The van der Waals surface area contributed by atoms with Crippen molar-refractivity contribution >= 4 is 28.5 Å². The molecule has 2 rings (SSSR count). The van der Waals surface area contributed by atoms with Crippen molar-refractivity contribution in [2.75, 3.05) is 24.5 Å². The predicted octanol–water partition coefficient (Wildman–Crippen LogP) is 1.26. The van der Waals surface area contributed by atoms with Gasteiger partial charge in [0.15, 0.2) is 0 Å². The number of nitrogens with two attached hydrogens (primary N) is 1. The van der Waals surface area contributed by atoms with Gasteiger partial charge in [-0.15, -0.1) is 0 Å². The first-order valence-corrected chi connectivity index (χ1v) is 6.13. The van der Waals surface area contributed by atoms with Gasteiger partial charge >= 0.3 is 0 Å². The minimum atomic E-state index is 0.229. The van der Waals surface area contributed by atoms with Gasteiger partial charge in [-0.3, -0.25) is 0 Å². The van der Waals surface area contributed by atoms with E-state index in [1.54, 1.807) is 0 Å². The zero-order valence-corrected chi connectivity index (χ0v) is 10.9. The molecule has 1 aromatic rings. The lowest BCUT2D eigenvalue weighted by Gasteiger charge is -2.22. The molecule has 4 nitrogen and oxygen atoms in total. The summed E-state index contributed by atoms with van der Waals surface area (Å²) in [5.41, 5.74) is 5.99. The van der Waals surface area contributed by atoms with Crippen LogP contribution in [-0.2, 0) is 0 Å². The average molecular weight is 318 g/mol. The Balaban J connectivity index is 2.11. The molecule has 0 bridgehead atoms. The van der Waals surface area contributed by atoms with Crippen LogP contribution in [0.1, 0.15) is 13.3 Å². The fourth-order valence-corrected chi connectivity index (χ4v) is 2.11. The van der Waals surface area contributed by atoms with E-state index in [0.717, 1.165) is 35.6 Å². The van der Waals surface area contributed by atoms with Crippen molar-refractivity contribution in [2.24, 2.45) is 11.1 Å². The standard InChI is InChI=1S/C10H15IN4/c1-10(6-12)2-3-15(7-10)9-13-4-8(11)5-14-9/h4-5H,2-3,6-7,12H2,1H3. The molecule has 2 heterocycles. The minimum Gasteiger partial charge on any atom is -0.340 e. The van der Waals surface area contributed by atoms with E-state index in [4.69, 9.17) is 5.73 Å². The molecule has 0 amide bonds. The zero-order valence-electron chi connectivity index (χ0n) is 8.78. The Morgan fingerprint density at radius 3 is 2.73 bits per heavy atom. The first-order valence-electron chi connectivity index (χ1n) is 5.05. The fourth-order valence-electron chi connectivity index (χ4n) is 1.83. The number of hydrogen-bond acceptors (Lipinski definition) is 4. The van der Waals surface area contributed by atoms with E-state index in [-0.39, 0.29) is 5.41 Å². The zero-order chi connectivity index (χ0) is 10.9. The van der Waals surface area contributed by atoms with E-state index in [2.05, 4.69) is 44.4 Å². The average Bonchev–Trinajstić information content (AvgIpc) is 2.63. The lowest BCUT2D eigenvalue weighted by molar-refractivity contribution is 0.383. The maximum Gasteiger partial charge on any atom is 0.225 e. The van der Waals surface area contributed by atoms with Gasteiger partial charge in [0.2, 0.25) is 5.95 Å². The van der Waals surface area contributed by atoms with Crippen LogP contribution in [0, 0.1) is 8.99 Å². The van der Waals surface area contributed by atoms with Crippen LogP contribution in [0.5, 0.6) is 0 Å². The summed E-state index contributed by atoms with van der Waals surface area (Å²) >= 11 is 2.21. The molecule has 1 atom stereocenters. The second-order valence-electron chi connectivity index (χ2n) is 4.39. The van der Waals surface area contributed by atoms with Gasteiger partial charge in [-0.05, 0) is 41.0 Å². The van der Waals surface area contributed by atoms with E-state index in [1.807, 2.05) is 12.4 Å². The third-order valence-corrected chi connectivity index (χ3v) is 3.50. The number of nitrogens with zero attached hydrogens (tertiary/aromatic N) is 3. The van der Waals surface area contributed by atoms with Gasteiger partial charge in [0.1, 0.15) is 0 Å². The smallest absolute Gasteiger partial charge is 0.225 e. The van der Waals surface area contributed by atoms with Gasteiger partial charge in [0, 0.05) is 29.1 Å². The number of halogens is 1. The maximum absolute atomic E-state index is 5.76. The van der Waals surface area contributed by atoms with Crippen molar-refractivity contribution in [3.63, 3.8) is 0 Å². The molecular weight excluding hydrogens is 303 g/mol. The fraction of sp³-hybridized carbons (Fsp3) is 0.600. The van der Waals surface area contributed by atoms with Crippen molar-refractivity contribution in [3.05, 3.63) is 16.0 Å². The topological polar surface area (TPSA) is 55.0 Å². The Morgan fingerprint density at radius 2 is 2.20 bits per heavy atom. The molecule has 1 aliphatic rings. The highest BCUT2D eigenvalue weighted by atomic mass is 127. The summed E-state index contributed by atoms with van der Waals surface area (Å²) in [5, 5.41) is 0. The molecule has 1 saturated heterocycles. The quantitative estimate of drug-likeness (QED) is 0.834. The van der Waals surface area contributed by atoms with Crippen LogP contribution in [0.15, 0.2) is 12.4 Å². The van der Waals surface area contributed by atoms with Crippen LogP contribution in [0.25, 0.3) is 0 Å². The number of anilines is 1. The van der Waals surface area contributed by atoms with Crippen LogP contribution in [0.3, 0.4) is 0 Å². The molecule has 0 spiro atoms. The highest BCUT2D eigenvalue weighted by molar-refractivity contribution is 14.1. The molecule has 82 valence electrons. The second-order valence-corrected chi connectivity index (χ2v) is 5.63. The molecule has 1 unspecified atom stereocenters. The largest absolute Gasteiger partial charge is 0.340 e. The second kappa shape index (κ2) is 4.21. The van der Waals surface area contributed by atoms with E-state index in [1.165, 1.54) is 0 Å². The lowest BCUT2D eigenvalue weighted by atomic mass is 9.90. The molecule has 5 heteroatoms. The van der Waals surface area contributed by atoms with E-state index >= 15 is 0 Å². The first kappa shape index (κ1) is 11.1. The van der Waals surface area contributed by atoms with Crippen molar-refractivity contribution < 1.29 is 0 Å². The lowest BCUT2D eigenvalue weighted by Crippen LogP contribution is -2.31. The Labute approximate surface area is 103 Å². The molecular formula is C10H15IN4. The van der Waals surface area contributed by atoms with E-state index in [9.17, 15) is 0 Å². The summed E-state index contributed by atoms with van der Waals surface area (Å²) in [7, 11) is 0. The third kappa shape index (κ3) is 2.39. The maximum atomic E-state index is 5.76. The molecule has 2 N–H and O–H groups in total. The summed E-state index contributed by atoms with van der Waals surface area (Å²) in [5.74, 6) is 0.826. The van der Waals surface area contributed by atoms with E-state index < -0.39 is 0 Å². The molecule has 0 saturated carbocycles. The number of rotatable bonds is 2. The number of aromatic nitrogens is 2. The van der Waals surface area contributed by atoms with Crippen LogP contribution < -0.4 is 10.6 Å². The highest BCUT2D eigenvalue weighted by Crippen LogP contribution is 2.30. The Kier molecular flexibility index (Phi) is 3.11. The van der Waals surface area contributed by atoms with Crippen LogP contribution >= 0.6 is 22.6 Å². The van der Waals surface area contributed by atoms with Crippen molar-refractivity contribution in [1.82, 2.24) is 9.97 Å². The van der Waals surface area contributed by atoms with Crippen molar-refractivity contribution in [2.45, 2.75) is 13.3 Å². The van der Waals surface area contributed by atoms with Crippen molar-refractivity contribution in [1.29, 1.82) is 0 Å². The third-order valence-electron chi connectivity index (χ3n) is 2.94. The van der Waals surface area contributed by atoms with Gasteiger partial charge in [-0.1, -0.05) is 6.92 Å². The Morgan fingerprint density at radius 1 is 1.53 bits per heavy atom. The summed E-state index contributed by atoms with van der Waals surface area (Å²) in [6.45, 7) is 4.92. The monoisotopic (exact) mass is 318 g/mol. The van der Waals surface area contributed by atoms with Gasteiger partial charge in [-0.25, -0.2) is 9.97 Å². The highest BCUT2D eigenvalue weighted by Gasteiger charge is 2.33. The van der Waals surface area contributed by atoms with Crippen LogP contribution in [0.2, 0.25) is 0 Å². The van der Waals surface area contributed by atoms with Crippen LogP contribution in [0.4, 0.5) is 5.95 Å². The van der Waals surface area contributed by atoms with Crippen LogP contribution in [-0.4, -0.2) is 29.6 Å². The molecule has 1 aliphatic heterocycles. The van der Waals surface area contributed by atoms with Gasteiger partial charge < -0.3 is 10.6 Å². The SMILES string of the molecule is CC1(CN)CCN(c2ncc(I)cn2)C1. The van der Waals surface area contributed by atoms with Gasteiger partial charge in [0.05, 0.1) is 0 Å².